The Kier molecular flexibility index (Phi) is 7.40. The molecule has 2 aromatic rings. The third-order valence-corrected chi connectivity index (χ3v) is 6.22. The van der Waals surface area contributed by atoms with E-state index in [4.69, 9.17) is 4.74 Å². The fourth-order valence-corrected chi connectivity index (χ4v) is 4.18. The Balaban J connectivity index is 1.44. The van der Waals surface area contributed by atoms with Gasteiger partial charge in [0, 0.05) is 49.4 Å². The summed E-state index contributed by atoms with van der Waals surface area (Å²) < 4.78 is 5.41. The standard InChI is InChI=1S/C23H30N2O2S/c1-18-4-9-22(16-19(18)2)28-15-10-23(26)24(3)17-20-5-7-21(8-6-20)25-11-13-27-14-12-25/h4-9,16H,10-15,17H2,1-3H3. The van der Waals surface area contributed by atoms with Gasteiger partial charge in [-0.1, -0.05) is 18.2 Å². The monoisotopic (exact) mass is 398 g/mol. The second kappa shape index (κ2) is 9.99. The van der Waals surface area contributed by atoms with Crippen LogP contribution in [0, 0.1) is 13.8 Å². The number of aryl methyl sites for hydroxylation is 2. The summed E-state index contributed by atoms with van der Waals surface area (Å²) in [4.78, 5) is 17.9. The first kappa shape index (κ1) is 20.7. The summed E-state index contributed by atoms with van der Waals surface area (Å²) in [5.74, 6) is 0.996. The van der Waals surface area contributed by atoms with Crippen molar-refractivity contribution in [2.45, 2.75) is 31.7 Å². The number of ether oxygens (including phenoxy) is 1. The summed E-state index contributed by atoms with van der Waals surface area (Å²) in [5, 5.41) is 0. The molecule has 1 fully saturated rings. The van der Waals surface area contributed by atoms with Gasteiger partial charge in [-0.05, 0) is 54.8 Å². The zero-order chi connectivity index (χ0) is 19.9. The summed E-state index contributed by atoms with van der Waals surface area (Å²) in [6, 6.07) is 15.0. The van der Waals surface area contributed by atoms with Crippen molar-refractivity contribution in [3.63, 3.8) is 0 Å². The summed E-state index contributed by atoms with van der Waals surface area (Å²) in [6.45, 7) is 8.36. The van der Waals surface area contributed by atoms with E-state index in [-0.39, 0.29) is 5.91 Å². The van der Waals surface area contributed by atoms with Gasteiger partial charge in [0.15, 0.2) is 0 Å². The van der Waals surface area contributed by atoms with E-state index >= 15 is 0 Å². The fraction of sp³-hybridized carbons (Fsp3) is 0.435. The highest BCUT2D eigenvalue weighted by molar-refractivity contribution is 7.99. The van der Waals surface area contributed by atoms with Gasteiger partial charge in [0.25, 0.3) is 0 Å². The van der Waals surface area contributed by atoms with E-state index in [2.05, 4.69) is 61.2 Å². The molecule has 0 atom stereocenters. The Morgan fingerprint density at radius 2 is 1.79 bits per heavy atom. The minimum Gasteiger partial charge on any atom is -0.378 e. The van der Waals surface area contributed by atoms with Gasteiger partial charge in [0.1, 0.15) is 0 Å². The molecule has 150 valence electrons. The highest BCUT2D eigenvalue weighted by Crippen LogP contribution is 2.22. The minimum atomic E-state index is 0.189. The van der Waals surface area contributed by atoms with Crippen LogP contribution in [-0.4, -0.2) is 49.9 Å². The normalized spacial score (nSPS) is 14.2. The van der Waals surface area contributed by atoms with Crippen LogP contribution in [0.4, 0.5) is 5.69 Å². The number of rotatable bonds is 7. The van der Waals surface area contributed by atoms with Gasteiger partial charge in [-0.25, -0.2) is 0 Å². The van der Waals surface area contributed by atoms with Crippen molar-refractivity contribution in [1.82, 2.24) is 4.90 Å². The highest BCUT2D eigenvalue weighted by atomic mass is 32.2. The number of morpholine rings is 1. The minimum absolute atomic E-state index is 0.189. The number of carbonyl (C=O) groups excluding carboxylic acids is 1. The third-order valence-electron chi connectivity index (χ3n) is 5.22. The van der Waals surface area contributed by atoms with Gasteiger partial charge in [-0.3, -0.25) is 4.79 Å². The van der Waals surface area contributed by atoms with E-state index < -0.39 is 0 Å². The second-order valence-electron chi connectivity index (χ2n) is 7.36. The van der Waals surface area contributed by atoms with E-state index in [1.807, 2.05) is 11.9 Å². The van der Waals surface area contributed by atoms with Crippen LogP contribution in [0.3, 0.4) is 0 Å². The van der Waals surface area contributed by atoms with Gasteiger partial charge >= 0.3 is 0 Å². The zero-order valence-electron chi connectivity index (χ0n) is 17.1. The molecule has 4 nitrogen and oxygen atoms in total. The molecule has 1 amide bonds. The fourth-order valence-electron chi connectivity index (χ4n) is 3.25. The van der Waals surface area contributed by atoms with Crippen LogP contribution in [0.2, 0.25) is 0 Å². The first-order chi connectivity index (χ1) is 13.5. The first-order valence-corrected chi connectivity index (χ1v) is 10.9. The Morgan fingerprint density at radius 3 is 2.46 bits per heavy atom. The highest BCUT2D eigenvalue weighted by Gasteiger charge is 2.12. The van der Waals surface area contributed by atoms with Crippen LogP contribution in [0.1, 0.15) is 23.1 Å². The molecule has 0 aromatic heterocycles. The molecule has 0 N–H and O–H groups in total. The van der Waals surface area contributed by atoms with Gasteiger partial charge in [0.05, 0.1) is 13.2 Å². The lowest BCUT2D eigenvalue weighted by Crippen LogP contribution is -2.36. The van der Waals surface area contributed by atoms with Crippen molar-refractivity contribution < 1.29 is 9.53 Å². The maximum atomic E-state index is 12.5. The molecule has 0 spiro atoms. The van der Waals surface area contributed by atoms with Crippen LogP contribution in [0.15, 0.2) is 47.4 Å². The number of carbonyl (C=O) groups is 1. The summed E-state index contributed by atoms with van der Waals surface area (Å²) in [6.07, 6.45) is 0.556. The molecule has 2 aromatic carbocycles. The smallest absolute Gasteiger partial charge is 0.223 e. The molecular formula is C23H30N2O2S. The predicted molar refractivity (Wildman–Crippen MR) is 117 cm³/mol. The van der Waals surface area contributed by atoms with Crippen LogP contribution < -0.4 is 4.90 Å². The molecule has 0 bridgehead atoms. The molecule has 1 saturated heterocycles. The van der Waals surface area contributed by atoms with Crippen molar-refractivity contribution in [3.05, 3.63) is 59.2 Å². The molecule has 0 unspecified atom stereocenters. The molecule has 1 aliphatic heterocycles. The molecule has 0 aliphatic carbocycles. The maximum absolute atomic E-state index is 12.5. The van der Waals surface area contributed by atoms with Gasteiger partial charge in [0.2, 0.25) is 5.91 Å². The third kappa shape index (κ3) is 5.76. The van der Waals surface area contributed by atoms with Crippen molar-refractivity contribution in [1.29, 1.82) is 0 Å². The Morgan fingerprint density at radius 1 is 1.07 bits per heavy atom. The zero-order valence-corrected chi connectivity index (χ0v) is 17.9. The molecule has 3 rings (SSSR count). The number of thioether (sulfide) groups is 1. The van der Waals surface area contributed by atoms with E-state index in [0.717, 1.165) is 37.6 Å². The average Bonchev–Trinajstić information content (AvgIpc) is 2.72. The lowest BCUT2D eigenvalue weighted by molar-refractivity contribution is -0.129. The largest absolute Gasteiger partial charge is 0.378 e. The molecular weight excluding hydrogens is 368 g/mol. The van der Waals surface area contributed by atoms with Gasteiger partial charge < -0.3 is 14.5 Å². The van der Waals surface area contributed by atoms with Gasteiger partial charge in [-0.15, -0.1) is 11.8 Å². The molecule has 1 heterocycles. The van der Waals surface area contributed by atoms with Crippen LogP contribution in [0.25, 0.3) is 0 Å². The quantitative estimate of drug-likeness (QED) is 0.652. The predicted octanol–water partition coefficient (Wildman–Crippen LogP) is 4.28. The van der Waals surface area contributed by atoms with E-state index in [1.165, 1.54) is 21.7 Å². The van der Waals surface area contributed by atoms with Gasteiger partial charge in [-0.2, -0.15) is 0 Å². The van der Waals surface area contributed by atoms with Crippen LogP contribution in [0.5, 0.6) is 0 Å². The van der Waals surface area contributed by atoms with E-state index in [1.54, 1.807) is 11.8 Å². The van der Waals surface area contributed by atoms with Crippen molar-refractivity contribution >= 4 is 23.4 Å². The number of hydrogen-bond acceptors (Lipinski definition) is 4. The number of anilines is 1. The Bertz CT molecular complexity index is 786. The lowest BCUT2D eigenvalue weighted by Gasteiger charge is -2.29. The molecule has 0 saturated carbocycles. The Hall–Kier alpha value is -1.98. The average molecular weight is 399 g/mol. The number of benzene rings is 2. The SMILES string of the molecule is Cc1ccc(SCCC(=O)N(C)Cc2ccc(N3CCOCC3)cc2)cc1C. The topological polar surface area (TPSA) is 32.8 Å². The van der Waals surface area contributed by atoms with Crippen LogP contribution >= 0.6 is 11.8 Å². The van der Waals surface area contributed by atoms with Crippen molar-refractivity contribution in [2.75, 3.05) is 44.0 Å². The first-order valence-electron chi connectivity index (χ1n) is 9.88. The molecule has 0 radical (unpaired) electrons. The molecule has 28 heavy (non-hydrogen) atoms. The molecule has 5 heteroatoms. The number of amides is 1. The van der Waals surface area contributed by atoms with E-state index in [9.17, 15) is 4.79 Å². The maximum Gasteiger partial charge on any atom is 0.223 e. The van der Waals surface area contributed by atoms with Crippen molar-refractivity contribution in [3.8, 4) is 0 Å². The lowest BCUT2D eigenvalue weighted by atomic mass is 10.1. The van der Waals surface area contributed by atoms with E-state index in [0.29, 0.717) is 13.0 Å². The second-order valence-corrected chi connectivity index (χ2v) is 8.53. The van der Waals surface area contributed by atoms with Crippen LogP contribution in [-0.2, 0) is 16.1 Å². The summed E-state index contributed by atoms with van der Waals surface area (Å²) in [7, 11) is 1.89. The Labute approximate surface area is 172 Å². The number of hydrogen-bond donors (Lipinski definition) is 0. The summed E-state index contributed by atoms with van der Waals surface area (Å²) >= 11 is 1.75. The summed E-state index contributed by atoms with van der Waals surface area (Å²) in [5.41, 5.74) is 4.99. The van der Waals surface area contributed by atoms with Crippen molar-refractivity contribution in [2.24, 2.45) is 0 Å². The number of nitrogens with zero attached hydrogens (tertiary/aromatic N) is 2. The molecule has 1 aliphatic rings.